The van der Waals surface area contributed by atoms with Gasteiger partial charge in [-0.05, 0) is 31.2 Å². The highest BCUT2D eigenvalue weighted by Gasteiger charge is 2.57. The number of benzene rings is 1. The summed E-state index contributed by atoms with van der Waals surface area (Å²) in [6.45, 7) is 1.32. The van der Waals surface area contributed by atoms with Gasteiger partial charge in [-0.3, -0.25) is 9.32 Å². The second kappa shape index (κ2) is 11.7. The van der Waals surface area contributed by atoms with Gasteiger partial charge in [0, 0.05) is 6.42 Å². The van der Waals surface area contributed by atoms with Gasteiger partial charge in [0.1, 0.15) is 60.7 Å². The number of rotatable bonds is 10. The van der Waals surface area contributed by atoms with Gasteiger partial charge >= 0.3 is 13.7 Å². The van der Waals surface area contributed by atoms with Crippen LogP contribution in [0.4, 0.5) is 5.82 Å². The Bertz CT molecular complexity index is 1480. The summed E-state index contributed by atoms with van der Waals surface area (Å²) in [4.78, 5) is 16.6. The van der Waals surface area contributed by atoms with Crippen LogP contribution in [0, 0.1) is 11.3 Å². The molecule has 2 fully saturated rings. The lowest BCUT2D eigenvalue weighted by atomic mass is 9.96. The molecule has 1 aromatic carbocycles. The van der Waals surface area contributed by atoms with Crippen molar-refractivity contribution in [2.24, 2.45) is 0 Å². The molecule has 7 atom stereocenters. The van der Waals surface area contributed by atoms with Gasteiger partial charge in [0.25, 0.3) is 0 Å². The lowest BCUT2D eigenvalue weighted by Gasteiger charge is -2.28. The third kappa shape index (κ3) is 5.90. The third-order valence-electron chi connectivity index (χ3n) is 6.73. The summed E-state index contributed by atoms with van der Waals surface area (Å²) in [7, 11) is -4.42. The Hall–Kier alpha value is -3.61. The number of aliphatic hydroxyl groups is 2. The summed E-state index contributed by atoms with van der Waals surface area (Å²) in [6, 6.07) is 11.9. The Morgan fingerprint density at radius 2 is 2.12 bits per heavy atom. The van der Waals surface area contributed by atoms with E-state index in [9.17, 15) is 24.8 Å². The number of nitrogens with one attached hydrogen (secondary N) is 1. The normalized spacial score (nSPS) is 28.1. The zero-order valence-electron chi connectivity index (χ0n) is 21.9. The van der Waals surface area contributed by atoms with Crippen molar-refractivity contribution in [1.82, 2.24) is 19.7 Å². The van der Waals surface area contributed by atoms with Crippen molar-refractivity contribution in [2.45, 2.75) is 49.4 Å². The molecule has 0 amide bonds. The summed E-state index contributed by atoms with van der Waals surface area (Å²) < 4.78 is 43.0. The number of ether oxygens (including phenoxy) is 3. The first-order valence-electron chi connectivity index (χ1n) is 12.7. The van der Waals surface area contributed by atoms with Gasteiger partial charge in [-0.25, -0.2) is 14.1 Å². The molecule has 0 aliphatic carbocycles. The number of carbonyl (C=O) groups excluding carboxylic acids is 1. The standard InChI is InChI=1S/C25H29N6O9P/c1-15(24(34)38-17-9-10-36-11-17)30-41(35,40-16-5-3-2-4-6-16)37-13-25(12-26)22(33)20(32)21(39-25)18-7-8-19-23(27)28-14-29-31(18)19/h2-8,14-15,17,20-22,32-33H,9-11,13H2,1H3,(H,30,35)(H2,27,28,29)/t15-,17-,20-,21-,22-,25+,41-/m0/s1. The molecular formula is C25H29N6O9P. The van der Waals surface area contributed by atoms with E-state index >= 15 is 0 Å². The molecule has 15 nitrogen and oxygen atoms in total. The molecule has 2 saturated heterocycles. The predicted molar refractivity (Wildman–Crippen MR) is 140 cm³/mol. The molecule has 41 heavy (non-hydrogen) atoms. The molecule has 0 radical (unpaired) electrons. The molecule has 0 bridgehead atoms. The molecule has 2 aliphatic rings. The van der Waals surface area contributed by atoms with Crippen molar-refractivity contribution >= 4 is 25.1 Å². The van der Waals surface area contributed by atoms with E-state index in [4.69, 9.17) is 29.0 Å². The van der Waals surface area contributed by atoms with E-state index in [0.717, 1.165) is 0 Å². The highest BCUT2D eigenvalue weighted by molar-refractivity contribution is 7.52. The van der Waals surface area contributed by atoms with E-state index in [1.807, 2.05) is 6.07 Å². The number of anilines is 1. The zero-order chi connectivity index (χ0) is 29.2. The first-order chi connectivity index (χ1) is 19.6. The molecule has 16 heteroatoms. The van der Waals surface area contributed by atoms with Crippen LogP contribution in [0.25, 0.3) is 5.52 Å². The average molecular weight is 589 g/mol. The topological polar surface area (TPSA) is 213 Å². The van der Waals surface area contributed by atoms with Crippen molar-refractivity contribution < 1.29 is 42.8 Å². The van der Waals surface area contributed by atoms with Crippen LogP contribution in [0.15, 0.2) is 48.8 Å². The number of nitrogen functional groups attached to an aromatic ring is 1. The summed E-state index contributed by atoms with van der Waals surface area (Å²) in [6.07, 6.45) is -3.33. The average Bonchev–Trinajstić information content (AvgIpc) is 3.69. The molecule has 5 N–H and O–H groups in total. The van der Waals surface area contributed by atoms with E-state index in [-0.39, 0.29) is 23.9 Å². The molecular weight excluding hydrogens is 559 g/mol. The van der Waals surface area contributed by atoms with E-state index in [1.165, 1.54) is 29.9 Å². The van der Waals surface area contributed by atoms with Gasteiger partial charge in [0.2, 0.25) is 5.60 Å². The van der Waals surface area contributed by atoms with Crippen LogP contribution in [0.3, 0.4) is 0 Å². The Kier molecular flexibility index (Phi) is 8.25. The summed E-state index contributed by atoms with van der Waals surface area (Å²) >= 11 is 0. The number of hydrogen-bond acceptors (Lipinski definition) is 13. The van der Waals surface area contributed by atoms with Gasteiger partial charge in [-0.1, -0.05) is 18.2 Å². The highest BCUT2D eigenvalue weighted by Crippen LogP contribution is 2.48. The highest BCUT2D eigenvalue weighted by atomic mass is 31.2. The minimum Gasteiger partial charge on any atom is -0.459 e. The van der Waals surface area contributed by atoms with Crippen LogP contribution in [-0.2, 0) is 28.1 Å². The largest absolute Gasteiger partial charge is 0.459 e. The zero-order valence-corrected chi connectivity index (χ0v) is 22.8. The maximum Gasteiger partial charge on any atom is 0.459 e. The summed E-state index contributed by atoms with van der Waals surface area (Å²) in [5.74, 6) is -0.404. The van der Waals surface area contributed by atoms with Crippen LogP contribution < -0.4 is 15.3 Å². The molecule has 0 saturated carbocycles. The minimum atomic E-state index is -4.42. The number of aliphatic hydroxyl groups excluding tert-OH is 2. The number of nitrogens with two attached hydrogens (primary N) is 1. The minimum absolute atomic E-state index is 0.141. The number of nitrogens with zero attached hydrogens (tertiary/aromatic N) is 4. The number of carbonyl (C=O) groups is 1. The summed E-state index contributed by atoms with van der Waals surface area (Å²) in [5.41, 5.74) is 4.41. The number of fused-ring (bicyclic) bond motifs is 1. The fourth-order valence-corrected chi connectivity index (χ4v) is 6.05. The Morgan fingerprint density at radius 3 is 2.83 bits per heavy atom. The fourth-order valence-electron chi connectivity index (χ4n) is 4.53. The monoisotopic (exact) mass is 588 g/mol. The predicted octanol–water partition coefficient (Wildman–Crippen LogP) is 0.881. The van der Waals surface area contributed by atoms with Crippen LogP contribution >= 0.6 is 7.75 Å². The molecule has 0 unspecified atom stereocenters. The molecule has 5 rings (SSSR count). The number of nitriles is 1. The van der Waals surface area contributed by atoms with Crippen molar-refractivity contribution in [1.29, 1.82) is 5.26 Å². The van der Waals surface area contributed by atoms with Gasteiger partial charge in [-0.15, -0.1) is 0 Å². The lowest BCUT2D eigenvalue weighted by molar-refractivity contribution is -0.150. The van der Waals surface area contributed by atoms with Gasteiger partial charge in [0.15, 0.2) is 5.82 Å². The van der Waals surface area contributed by atoms with E-state index in [2.05, 4.69) is 15.2 Å². The number of para-hydroxylation sites is 1. The van der Waals surface area contributed by atoms with Crippen molar-refractivity contribution in [3.8, 4) is 11.8 Å². The molecule has 3 aromatic rings. The van der Waals surface area contributed by atoms with Crippen molar-refractivity contribution in [3.05, 3.63) is 54.5 Å². The second-order valence-electron chi connectivity index (χ2n) is 9.62. The molecule has 2 aliphatic heterocycles. The molecule has 4 heterocycles. The van der Waals surface area contributed by atoms with E-state index in [1.54, 1.807) is 30.3 Å². The first kappa shape index (κ1) is 28.9. The third-order valence-corrected chi connectivity index (χ3v) is 8.36. The molecule has 2 aromatic heterocycles. The van der Waals surface area contributed by atoms with Gasteiger partial charge < -0.3 is 34.7 Å². The first-order valence-corrected chi connectivity index (χ1v) is 14.3. The van der Waals surface area contributed by atoms with Crippen LogP contribution in [0.1, 0.15) is 25.1 Å². The lowest BCUT2D eigenvalue weighted by Crippen LogP contribution is -2.46. The smallest absolute Gasteiger partial charge is 0.459 e. The number of aromatic nitrogens is 3. The maximum atomic E-state index is 13.9. The second-order valence-corrected chi connectivity index (χ2v) is 11.3. The SMILES string of the molecule is C[C@H](N[P@](=O)(OC[C@@]1(C#N)O[C@@H](c2ccc3c(N)ncnn23)[C@H](O)[C@@H]1O)Oc1ccccc1)C(=O)O[C@H]1CCOC1. The van der Waals surface area contributed by atoms with Gasteiger partial charge in [0.05, 0.1) is 18.9 Å². The Balaban J connectivity index is 1.36. The van der Waals surface area contributed by atoms with Crippen molar-refractivity contribution in [3.63, 3.8) is 0 Å². The Morgan fingerprint density at radius 1 is 1.34 bits per heavy atom. The number of hydrogen-bond donors (Lipinski definition) is 4. The van der Waals surface area contributed by atoms with Crippen molar-refractivity contribution in [2.75, 3.05) is 25.6 Å². The van der Waals surface area contributed by atoms with E-state index < -0.39 is 56.4 Å². The van der Waals surface area contributed by atoms with E-state index in [0.29, 0.717) is 18.5 Å². The summed E-state index contributed by atoms with van der Waals surface area (Å²) in [5, 5.41) is 38.5. The Labute approximate surface area is 234 Å². The molecule has 0 spiro atoms. The molecule has 218 valence electrons. The fraction of sp³-hybridized carbons (Fsp3) is 0.440. The maximum absolute atomic E-state index is 13.9. The number of esters is 1. The van der Waals surface area contributed by atoms with Crippen LogP contribution in [0.2, 0.25) is 0 Å². The van der Waals surface area contributed by atoms with Crippen LogP contribution in [-0.4, -0.2) is 80.6 Å². The van der Waals surface area contributed by atoms with Crippen LogP contribution in [0.5, 0.6) is 5.75 Å². The quantitative estimate of drug-likeness (QED) is 0.191. The van der Waals surface area contributed by atoms with Gasteiger partial charge in [-0.2, -0.15) is 15.4 Å².